The zero-order valence-corrected chi connectivity index (χ0v) is 13.2. The minimum Gasteiger partial charge on any atom is -0.342 e. The Labute approximate surface area is 125 Å². The van der Waals surface area contributed by atoms with Gasteiger partial charge in [-0.25, -0.2) is 4.98 Å². The van der Waals surface area contributed by atoms with Crippen LogP contribution < -0.4 is 0 Å². The molecule has 5 heteroatoms. The first-order chi connectivity index (χ1) is 9.36. The molecule has 0 saturated carbocycles. The number of rotatable bonds is 2. The van der Waals surface area contributed by atoms with Crippen molar-refractivity contribution in [1.29, 1.82) is 0 Å². The number of piperidine rings is 1. The average molecular weight is 296 g/mol. The summed E-state index contributed by atoms with van der Waals surface area (Å²) in [5.74, 6) is 0.810. The normalized spacial score (nSPS) is 17.3. The van der Waals surface area contributed by atoms with E-state index < -0.39 is 0 Å². The Morgan fingerprint density at radius 2 is 2.00 bits per heavy atom. The minimum atomic E-state index is -0.286. The lowest BCUT2D eigenvalue weighted by atomic mass is 9.89. The maximum absolute atomic E-state index is 12.2. The summed E-state index contributed by atoms with van der Waals surface area (Å²) >= 11 is 5.85. The van der Waals surface area contributed by atoms with Gasteiger partial charge in [-0.1, -0.05) is 32.4 Å². The summed E-state index contributed by atoms with van der Waals surface area (Å²) < 4.78 is 0. The number of hydrogen-bond acceptors (Lipinski definition) is 3. The Kier molecular flexibility index (Phi) is 4.63. The predicted molar refractivity (Wildman–Crippen MR) is 79.5 cm³/mol. The molecule has 0 aromatic carbocycles. The second-order valence-electron chi connectivity index (χ2n) is 6.52. The number of aromatic nitrogens is 2. The van der Waals surface area contributed by atoms with Crippen LogP contribution in [0, 0.1) is 11.3 Å². The molecule has 0 spiro atoms. The first-order valence-corrected chi connectivity index (χ1v) is 7.50. The summed E-state index contributed by atoms with van der Waals surface area (Å²) in [6, 6.07) is 0. The van der Waals surface area contributed by atoms with Crippen LogP contribution in [0.5, 0.6) is 0 Å². The van der Waals surface area contributed by atoms with Crippen molar-refractivity contribution in [3.05, 3.63) is 23.2 Å². The van der Waals surface area contributed by atoms with Gasteiger partial charge in [0.15, 0.2) is 0 Å². The number of nitrogens with zero attached hydrogens (tertiary/aromatic N) is 3. The van der Waals surface area contributed by atoms with Crippen molar-refractivity contribution in [2.75, 3.05) is 13.1 Å². The van der Waals surface area contributed by atoms with Gasteiger partial charge in [0.05, 0.1) is 11.9 Å². The van der Waals surface area contributed by atoms with E-state index in [0.29, 0.717) is 11.1 Å². The Balaban J connectivity index is 1.87. The molecule has 4 nitrogen and oxygen atoms in total. The third-order valence-electron chi connectivity index (χ3n) is 3.70. The predicted octanol–water partition coefficient (Wildman–Crippen LogP) is 2.96. The van der Waals surface area contributed by atoms with Crippen LogP contribution in [-0.2, 0) is 11.2 Å². The lowest BCUT2D eigenvalue weighted by molar-refractivity contribution is -0.140. The fourth-order valence-electron chi connectivity index (χ4n) is 2.59. The highest BCUT2D eigenvalue weighted by Gasteiger charge is 2.30. The van der Waals surface area contributed by atoms with Gasteiger partial charge < -0.3 is 4.90 Å². The number of amides is 1. The van der Waals surface area contributed by atoms with Crippen LogP contribution in [0.2, 0.25) is 5.15 Å². The Bertz CT molecular complexity index is 476. The van der Waals surface area contributed by atoms with Crippen molar-refractivity contribution in [3.8, 4) is 0 Å². The Hall–Kier alpha value is -1.16. The fraction of sp³-hybridized carbons (Fsp3) is 0.667. The van der Waals surface area contributed by atoms with Crippen LogP contribution in [0.3, 0.4) is 0 Å². The van der Waals surface area contributed by atoms with E-state index >= 15 is 0 Å². The Morgan fingerprint density at radius 1 is 1.35 bits per heavy atom. The number of halogens is 1. The molecule has 20 heavy (non-hydrogen) atoms. The molecule has 0 unspecified atom stereocenters. The third-order valence-corrected chi connectivity index (χ3v) is 3.88. The molecule has 0 aliphatic carbocycles. The van der Waals surface area contributed by atoms with E-state index in [4.69, 9.17) is 11.6 Å². The van der Waals surface area contributed by atoms with Crippen LogP contribution in [0.4, 0.5) is 0 Å². The zero-order chi connectivity index (χ0) is 14.8. The van der Waals surface area contributed by atoms with E-state index in [0.717, 1.165) is 38.0 Å². The molecule has 1 aromatic heterocycles. The van der Waals surface area contributed by atoms with Gasteiger partial charge in [0, 0.05) is 24.7 Å². The first-order valence-electron chi connectivity index (χ1n) is 7.12. The molecule has 1 amide bonds. The van der Waals surface area contributed by atoms with Crippen LogP contribution in [0.15, 0.2) is 12.4 Å². The van der Waals surface area contributed by atoms with Crippen molar-refractivity contribution in [2.45, 2.75) is 40.0 Å². The van der Waals surface area contributed by atoms with Crippen LogP contribution in [-0.4, -0.2) is 33.9 Å². The number of hydrogen-bond donors (Lipinski definition) is 0. The van der Waals surface area contributed by atoms with Gasteiger partial charge in [0.2, 0.25) is 5.91 Å². The third kappa shape index (κ3) is 3.92. The minimum absolute atomic E-state index is 0.249. The van der Waals surface area contributed by atoms with E-state index in [1.165, 1.54) is 0 Å². The molecule has 1 aliphatic heterocycles. The fourth-order valence-corrected chi connectivity index (χ4v) is 2.75. The van der Waals surface area contributed by atoms with Gasteiger partial charge >= 0.3 is 0 Å². The molecular formula is C15H22ClN3O. The molecule has 1 aliphatic rings. The highest BCUT2D eigenvalue weighted by Crippen LogP contribution is 2.25. The van der Waals surface area contributed by atoms with Gasteiger partial charge in [0.1, 0.15) is 5.15 Å². The summed E-state index contributed by atoms with van der Waals surface area (Å²) in [7, 11) is 0. The van der Waals surface area contributed by atoms with Gasteiger partial charge in [-0.05, 0) is 25.2 Å². The van der Waals surface area contributed by atoms with Gasteiger partial charge in [-0.2, -0.15) is 0 Å². The monoisotopic (exact) mass is 295 g/mol. The van der Waals surface area contributed by atoms with Gasteiger partial charge in [0.25, 0.3) is 0 Å². The van der Waals surface area contributed by atoms with E-state index in [2.05, 4.69) is 9.97 Å². The molecule has 0 N–H and O–H groups in total. The average Bonchev–Trinajstić information content (AvgIpc) is 2.38. The summed E-state index contributed by atoms with van der Waals surface area (Å²) in [5, 5.41) is 0.447. The molecule has 2 heterocycles. The van der Waals surface area contributed by atoms with Crippen LogP contribution >= 0.6 is 11.6 Å². The summed E-state index contributed by atoms with van der Waals surface area (Å²) in [5.41, 5.74) is 0.656. The summed E-state index contributed by atoms with van der Waals surface area (Å²) in [4.78, 5) is 22.6. The smallest absolute Gasteiger partial charge is 0.227 e. The van der Waals surface area contributed by atoms with Crippen LogP contribution in [0.25, 0.3) is 0 Å². The molecule has 0 bridgehead atoms. The Morgan fingerprint density at radius 3 is 2.55 bits per heavy atom. The van der Waals surface area contributed by atoms with E-state index in [9.17, 15) is 4.79 Å². The van der Waals surface area contributed by atoms with Gasteiger partial charge in [-0.3, -0.25) is 9.78 Å². The SMILES string of the molecule is CC(C)(C)C(=O)N1CCC(Cc2cncc(Cl)n2)CC1. The largest absolute Gasteiger partial charge is 0.342 e. The number of carbonyl (C=O) groups excluding carboxylic acids is 1. The molecule has 0 radical (unpaired) electrons. The standard InChI is InChI=1S/C15H22ClN3O/c1-15(2,3)14(20)19-6-4-11(5-7-19)8-12-9-17-10-13(16)18-12/h9-11H,4-8H2,1-3H3. The maximum Gasteiger partial charge on any atom is 0.227 e. The van der Waals surface area contributed by atoms with Crippen molar-refractivity contribution in [1.82, 2.24) is 14.9 Å². The number of likely N-dealkylation sites (tertiary alicyclic amines) is 1. The molecule has 0 atom stereocenters. The second kappa shape index (κ2) is 6.08. The van der Waals surface area contributed by atoms with Crippen molar-refractivity contribution >= 4 is 17.5 Å². The molecular weight excluding hydrogens is 274 g/mol. The number of carbonyl (C=O) groups is 1. The quantitative estimate of drug-likeness (QED) is 0.843. The highest BCUT2D eigenvalue weighted by molar-refractivity contribution is 6.29. The lowest BCUT2D eigenvalue weighted by Crippen LogP contribution is -2.44. The molecule has 1 saturated heterocycles. The maximum atomic E-state index is 12.2. The highest BCUT2D eigenvalue weighted by atomic mass is 35.5. The van der Waals surface area contributed by atoms with Gasteiger partial charge in [-0.15, -0.1) is 0 Å². The topological polar surface area (TPSA) is 46.1 Å². The molecule has 1 fully saturated rings. The summed E-state index contributed by atoms with van der Waals surface area (Å²) in [6.45, 7) is 7.61. The van der Waals surface area contributed by atoms with Crippen molar-refractivity contribution in [3.63, 3.8) is 0 Å². The molecule has 2 rings (SSSR count). The molecule has 1 aromatic rings. The first kappa shape index (κ1) is 15.2. The van der Waals surface area contributed by atoms with E-state index in [1.807, 2.05) is 25.7 Å². The lowest BCUT2D eigenvalue weighted by Gasteiger charge is -2.35. The molecule has 110 valence electrons. The zero-order valence-electron chi connectivity index (χ0n) is 12.4. The van der Waals surface area contributed by atoms with Crippen LogP contribution in [0.1, 0.15) is 39.3 Å². The van der Waals surface area contributed by atoms with Crippen molar-refractivity contribution in [2.24, 2.45) is 11.3 Å². The van der Waals surface area contributed by atoms with E-state index in [-0.39, 0.29) is 11.3 Å². The second-order valence-corrected chi connectivity index (χ2v) is 6.91. The summed E-state index contributed by atoms with van der Waals surface area (Å²) in [6.07, 6.45) is 6.27. The van der Waals surface area contributed by atoms with Crippen molar-refractivity contribution < 1.29 is 4.79 Å². The van der Waals surface area contributed by atoms with E-state index in [1.54, 1.807) is 12.4 Å².